The lowest BCUT2D eigenvalue weighted by Gasteiger charge is -2.25. The Morgan fingerprint density at radius 3 is 2.44 bits per heavy atom. The number of hydrogen-bond donors (Lipinski definition) is 0. The van der Waals surface area contributed by atoms with E-state index < -0.39 is 52.6 Å². The van der Waals surface area contributed by atoms with Crippen molar-refractivity contribution >= 4 is 10.1 Å². The molecule has 11 heteroatoms. The van der Waals surface area contributed by atoms with Crippen molar-refractivity contribution in [2.24, 2.45) is 0 Å². The molecule has 1 aromatic carbocycles. The van der Waals surface area contributed by atoms with Gasteiger partial charge in [-0.05, 0) is 19.4 Å². The van der Waals surface area contributed by atoms with Crippen LogP contribution in [0.4, 0.5) is 13.2 Å². The molecule has 0 aliphatic carbocycles. The average Bonchev–Trinajstić information content (AvgIpc) is 3.02. The Morgan fingerprint density at radius 2 is 1.81 bits per heavy atom. The van der Waals surface area contributed by atoms with E-state index in [0.717, 1.165) is 5.56 Å². The van der Waals surface area contributed by atoms with Crippen LogP contribution in [0.25, 0.3) is 0 Å². The zero-order valence-electron chi connectivity index (χ0n) is 14.5. The predicted molar refractivity (Wildman–Crippen MR) is 84.6 cm³/mol. The molecule has 2 heterocycles. The SMILES string of the molecule is CC1(C)O[C@@H]2O[C@H](COS(=O)(=O)C(F)(F)F)[C@@H](OCc3ccccc3)[C@@H]2O1. The van der Waals surface area contributed by atoms with E-state index in [4.69, 9.17) is 18.9 Å². The maximum absolute atomic E-state index is 12.5. The molecule has 0 aromatic heterocycles. The number of ether oxygens (including phenoxy) is 4. The Kier molecular flexibility index (Phi) is 5.54. The van der Waals surface area contributed by atoms with Gasteiger partial charge in [0.25, 0.3) is 0 Å². The maximum Gasteiger partial charge on any atom is 0.523 e. The number of alkyl halides is 3. The van der Waals surface area contributed by atoms with Crippen LogP contribution in [0.3, 0.4) is 0 Å². The van der Waals surface area contributed by atoms with E-state index in [1.165, 1.54) is 0 Å². The molecule has 0 bridgehead atoms. The quantitative estimate of drug-likeness (QED) is 0.524. The predicted octanol–water partition coefficient (Wildman–Crippen LogP) is 2.31. The van der Waals surface area contributed by atoms with Crippen LogP contribution < -0.4 is 0 Å². The molecule has 3 rings (SSSR count). The summed E-state index contributed by atoms with van der Waals surface area (Å²) in [7, 11) is -5.74. The highest BCUT2D eigenvalue weighted by atomic mass is 32.2. The molecule has 2 aliphatic rings. The molecule has 1 aromatic rings. The second-order valence-corrected chi connectivity index (χ2v) is 8.20. The van der Waals surface area contributed by atoms with Crippen LogP contribution in [0.1, 0.15) is 19.4 Å². The van der Waals surface area contributed by atoms with Gasteiger partial charge >= 0.3 is 15.6 Å². The molecule has 0 saturated carbocycles. The van der Waals surface area contributed by atoms with Gasteiger partial charge in [-0.15, -0.1) is 0 Å². The molecule has 0 unspecified atom stereocenters. The smallest absolute Gasteiger partial charge is 0.368 e. The third-order valence-electron chi connectivity index (χ3n) is 4.04. The summed E-state index contributed by atoms with van der Waals surface area (Å²) in [5.41, 5.74) is -4.70. The minimum absolute atomic E-state index is 0.129. The van der Waals surface area contributed by atoms with Crippen molar-refractivity contribution in [1.29, 1.82) is 0 Å². The van der Waals surface area contributed by atoms with Crippen LogP contribution in [0.15, 0.2) is 30.3 Å². The van der Waals surface area contributed by atoms with Crippen molar-refractivity contribution in [3.8, 4) is 0 Å². The minimum Gasteiger partial charge on any atom is -0.368 e. The van der Waals surface area contributed by atoms with Crippen molar-refractivity contribution in [3.63, 3.8) is 0 Å². The van der Waals surface area contributed by atoms with Gasteiger partial charge in [-0.1, -0.05) is 30.3 Å². The first-order chi connectivity index (χ1) is 12.5. The molecular weight excluding hydrogens is 393 g/mol. The van der Waals surface area contributed by atoms with E-state index >= 15 is 0 Å². The van der Waals surface area contributed by atoms with Crippen LogP contribution in [0.5, 0.6) is 0 Å². The summed E-state index contributed by atoms with van der Waals surface area (Å²) < 4.78 is 86.3. The lowest BCUT2D eigenvalue weighted by molar-refractivity contribution is -0.222. The van der Waals surface area contributed by atoms with Crippen molar-refractivity contribution < 1.29 is 44.7 Å². The normalized spacial score (nSPS) is 30.4. The van der Waals surface area contributed by atoms with Gasteiger partial charge in [0.05, 0.1) is 13.2 Å². The monoisotopic (exact) mass is 412 g/mol. The zero-order chi connectivity index (χ0) is 19.9. The molecule has 2 saturated heterocycles. The fourth-order valence-corrected chi connectivity index (χ4v) is 3.32. The summed E-state index contributed by atoms with van der Waals surface area (Å²) >= 11 is 0. The van der Waals surface area contributed by atoms with Crippen molar-refractivity contribution in [3.05, 3.63) is 35.9 Å². The molecule has 0 amide bonds. The van der Waals surface area contributed by atoms with E-state index in [-0.39, 0.29) is 6.61 Å². The van der Waals surface area contributed by atoms with Gasteiger partial charge in [0.2, 0.25) is 0 Å². The molecule has 0 spiro atoms. The number of rotatable bonds is 6. The van der Waals surface area contributed by atoms with Gasteiger partial charge in [-0.25, -0.2) is 0 Å². The van der Waals surface area contributed by atoms with Crippen molar-refractivity contribution in [2.45, 2.75) is 56.4 Å². The van der Waals surface area contributed by atoms with Crippen LogP contribution >= 0.6 is 0 Å². The molecule has 2 aliphatic heterocycles. The zero-order valence-corrected chi connectivity index (χ0v) is 15.3. The molecule has 0 N–H and O–H groups in total. The molecule has 152 valence electrons. The first-order valence-electron chi connectivity index (χ1n) is 8.11. The van der Waals surface area contributed by atoms with E-state index in [1.54, 1.807) is 26.0 Å². The molecule has 2 fully saturated rings. The van der Waals surface area contributed by atoms with Gasteiger partial charge < -0.3 is 18.9 Å². The summed E-state index contributed by atoms with van der Waals surface area (Å²) in [6.07, 6.45) is -3.62. The molecular formula is C16H19F3O7S. The highest BCUT2D eigenvalue weighted by Crippen LogP contribution is 2.39. The maximum atomic E-state index is 12.5. The fraction of sp³-hybridized carbons (Fsp3) is 0.625. The lowest BCUT2D eigenvalue weighted by atomic mass is 10.1. The number of halogens is 3. The van der Waals surface area contributed by atoms with E-state index in [1.807, 2.05) is 18.2 Å². The highest BCUT2D eigenvalue weighted by Gasteiger charge is 2.56. The summed E-state index contributed by atoms with van der Waals surface area (Å²) in [5, 5.41) is 0. The Labute approximate surface area is 154 Å². The van der Waals surface area contributed by atoms with Crippen molar-refractivity contribution in [1.82, 2.24) is 0 Å². The second kappa shape index (κ2) is 7.30. The Morgan fingerprint density at radius 1 is 1.15 bits per heavy atom. The van der Waals surface area contributed by atoms with E-state index in [2.05, 4.69) is 4.18 Å². The Balaban J connectivity index is 1.70. The second-order valence-electron chi connectivity index (χ2n) is 6.59. The van der Waals surface area contributed by atoms with Gasteiger partial charge in [0.15, 0.2) is 12.1 Å². The molecule has 0 radical (unpaired) electrons. The molecule has 4 atom stereocenters. The fourth-order valence-electron chi connectivity index (χ4n) is 2.87. The third kappa shape index (κ3) is 4.61. The van der Waals surface area contributed by atoms with Crippen LogP contribution in [0.2, 0.25) is 0 Å². The first-order valence-corrected chi connectivity index (χ1v) is 9.52. The summed E-state index contributed by atoms with van der Waals surface area (Å²) in [5.74, 6) is -0.965. The lowest BCUT2D eigenvalue weighted by Crippen LogP contribution is -2.40. The van der Waals surface area contributed by atoms with Gasteiger partial charge in [-0.3, -0.25) is 4.18 Å². The van der Waals surface area contributed by atoms with Crippen LogP contribution in [-0.2, 0) is 39.9 Å². The Hall–Kier alpha value is -1.24. The van der Waals surface area contributed by atoms with E-state index in [0.29, 0.717) is 0 Å². The van der Waals surface area contributed by atoms with Gasteiger partial charge in [0.1, 0.15) is 18.3 Å². The van der Waals surface area contributed by atoms with Crippen LogP contribution in [-0.4, -0.2) is 50.9 Å². The number of benzene rings is 1. The number of fused-ring (bicyclic) bond motifs is 1. The van der Waals surface area contributed by atoms with E-state index in [9.17, 15) is 21.6 Å². The van der Waals surface area contributed by atoms with Gasteiger partial charge in [-0.2, -0.15) is 21.6 Å². The van der Waals surface area contributed by atoms with Crippen molar-refractivity contribution in [2.75, 3.05) is 6.61 Å². The van der Waals surface area contributed by atoms with Gasteiger partial charge in [0, 0.05) is 0 Å². The minimum atomic E-state index is -5.74. The molecule has 7 nitrogen and oxygen atoms in total. The standard InChI is InChI=1S/C16H19F3O7S/c1-15(2)25-13-12(22-8-10-6-4-3-5-7-10)11(24-14(13)26-15)9-23-27(20,21)16(17,18)19/h3-7,11-14H,8-9H2,1-2H3/t11-,12-,13+,14+/m1/s1. The topological polar surface area (TPSA) is 80.3 Å². The summed E-state index contributed by atoms with van der Waals surface area (Å²) in [4.78, 5) is 0. The average molecular weight is 412 g/mol. The first kappa shape index (κ1) is 20.5. The third-order valence-corrected chi connectivity index (χ3v) is 5.06. The largest absolute Gasteiger partial charge is 0.523 e. The Bertz CT molecular complexity index is 751. The molecule has 27 heavy (non-hydrogen) atoms. The highest BCUT2D eigenvalue weighted by molar-refractivity contribution is 7.87. The summed E-state index contributed by atoms with van der Waals surface area (Å²) in [6.45, 7) is 2.57. The summed E-state index contributed by atoms with van der Waals surface area (Å²) in [6, 6.07) is 9.06. The van der Waals surface area contributed by atoms with Crippen LogP contribution in [0, 0.1) is 0 Å². The number of hydrogen-bond acceptors (Lipinski definition) is 7.